The molecular weight excluding hydrogens is 287 g/mol. The number of benzene rings is 1. The van der Waals surface area contributed by atoms with Crippen molar-refractivity contribution in [3.8, 4) is 0 Å². The molecule has 0 bridgehead atoms. The van der Waals surface area contributed by atoms with Crippen LogP contribution in [0.25, 0.3) is 0 Å². The van der Waals surface area contributed by atoms with E-state index < -0.39 is 0 Å². The van der Waals surface area contributed by atoms with Crippen LogP contribution >= 0.6 is 11.6 Å². The number of ketones is 1. The molecule has 0 radical (unpaired) electrons. The fourth-order valence-corrected chi connectivity index (χ4v) is 3.48. The molecule has 1 saturated carbocycles. The van der Waals surface area contributed by atoms with E-state index in [4.69, 9.17) is 11.6 Å². The minimum Gasteiger partial charge on any atom is -0.299 e. The maximum atomic E-state index is 13.3. The zero-order valence-corrected chi connectivity index (χ0v) is 13.8. The Bertz CT molecular complexity index is 510. The molecule has 0 spiro atoms. The summed E-state index contributed by atoms with van der Waals surface area (Å²) < 4.78 is 13.3. The Morgan fingerprint density at radius 1 is 1.24 bits per heavy atom. The second-order valence-electron chi connectivity index (χ2n) is 7.29. The summed E-state index contributed by atoms with van der Waals surface area (Å²) in [5.74, 6) is 0.677. The van der Waals surface area contributed by atoms with Crippen molar-refractivity contribution in [1.82, 2.24) is 0 Å². The predicted molar refractivity (Wildman–Crippen MR) is 85.0 cm³/mol. The van der Waals surface area contributed by atoms with Crippen LogP contribution in [0, 0.1) is 23.1 Å². The Morgan fingerprint density at radius 2 is 1.86 bits per heavy atom. The Kier molecular flexibility index (Phi) is 5.08. The first-order chi connectivity index (χ1) is 9.77. The Hall–Kier alpha value is -0.890. The average Bonchev–Trinajstić information content (AvgIpc) is 2.42. The van der Waals surface area contributed by atoms with Crippen LogP contribution in [0.4, 0.5) is 4.39 Å². The van der Waals surface area contributed by atoms with E-state index >= 15 is 0 Å². The van der Waals surface area contributed by atoms with Gasteiger partial charge in [0.25, 0.3) is 0 Å². The summed E-state index contributed by atoms with van der Waals surface area (Å²) in [5.41, 5.74) is 0.930. The first kappa shape index (κ1) is 16.5. The lowest BCUT2D eigenvalue weighted by molar-refractivity contribution is -0.123. The summed E-state index contributed by atoms with van der Waals surface area (Å²) in [7, 11) is 0. The fraction of sp³-hybridized carbons (Fsp3) is 0.611. The maximum Gasteiger partial charge on any atom is 0.140 e. The molecule has 0 aromatic heterocycles. The van der Waals surface area contributed by atoms with E-state index in [2.05, 4.69) is 20.8 Å². The quantitative estimate of drug-likeness (QED) is 0.726. The van der Waals surface area contributed by atoms with E-state index in [-0.39, 0.29) is 23.9 Å². The van der Waals surface area contributed by atoms with Gasteiger partial charge in [0.15, 0.2) is 0 Å². The lowest BCUT2D eigenvalue weighted by atomic mass is 9.69. The molecule has 2 rings (SSSR count). The molecule has 0 amide bonds. The maximum absolute atomic E-state index is 13.3. The number of carbonyl (C=O) groups excluding carboxylic acids is 1. The second kappa shape index (κ2) is 6.48. The van der Waals surface area contributed by atoms with Gasteiger partial charge in [-0.3, -0.25) is 4.79 Å². The molecular formula is C18H24ClFO. The molecule has 21 heavy (non-hydrogen) atoms. The predicted octanol–water partition coefficient (Wildman–Crippen LogP) is 5.44. The summed E-state index contributed by atoms with van der Waals surface area (Å²) in [6.07, 6.45) is 4.37. The molecule has 0 atom stereocenters. The van der Waals surface area contributed by atoms with Crippen molar-refractivity contribution in [3.05, 3.63) is 34.6 Å². The van der Waals surface area contributed by atoms with Crippen LogP contribution in [0.3, 0.4) is 0 Å². The number of halogens is 2. The van der Waals surface area contributed by atoms with Gasteiger partial charge in [0.1, 0.15) is 11.6 Å². The van der Waals surface area contributed by atoms with E-state index in [9.17, 15) is 9.18 Å². The average molecular weight is 311 g/mol. The van der Waals surface area contributed by atoms with Crippen molar-refractivity contribution in [2.75, 3.05) is 0 Å². The molecule has 0 saturated heterocycles. The van der Waals surface area contributed by atoms with Gasteiger partial charge in [-0.1, -0.05) is 32.4 Å². The third-order valence-electron chi connectivity index (χ3n) is 4.78. The zero-order chi connectivity index (χ0) is 15.6. The van der Waals surface area contributed by atoms with Crippen molar-refractivity contribution in [2.24, 2.45) is 17.3 Å². The molecule has 0 aliphatic heterocycles. The highest BCUT2D eigenvalue weighted by Crippen LogP contribution is 2.40. The summed E-state index contributed by atoms with van der Waals surface area (Å²) in [4.78, 5) is 12.4. The Morgan fingerprint density at radius 3 is 2.43 bits per heavy atom. The van der Waals surface area contributed by atoms with Crippen LogP contribution in [0.1, 0.15) is 52.0 Å². The molecule has 1 aromatic carbocycles. The molecule has 0 heterocycles. The highest BCUT2D eigenvalue weighted by atomic mass is 35.5. The monoisotopic (exact) mass is 310 g/mol. The zero-order valence-electron chi connectivity index (χ0n) is 13.1. The smallest absolute Gasteiger partial charge is 0.140 e. The fourth-order valence-electron chi connectivity index (χ4n) is 3.29. The largest absolute Gasteiger partial charge is 0.299 e. The van der Waals surface area contributed by atoms with E-state index in [0.717, 1.165) is 25.7 Å². The first-order valence-corrected chi connectivity index (χ1v) is 8.12. The van der Waals surface area contributed by atoms with Gasteiger partial charge in [-0.05, 0) is 60.8 Å². The van der Waals surface area contributed by atoms with Crippen LogP contribution in [0.2, 0.25) is 5.02 Å². The minimum absolute atomic E-state index is 0.114. The van der Waals surface area contributed by atoms with Gasteiger partial charge in [0.05, 0.1) is 0 Å². The number of carbonyl (C=O) groups is 1. The molecule has 1 fully saturated rings. The molecule has 3 heteroatoms. The Balaban J connectivity index is 1.95. The van der Waals surface area contributed by atoms with Crippen LogP contribution in [-0.2, 0) is 11.2 Å². The van der Waals surface area contributed by atoms with E-state index in [1.165, 1.54) is 18.2 Å². The lowest BCUT2D eigenvalue weighted by Crippen LogP contribution is -2.29. The third kappa shape index (κ3) is 4.29. The first-order valence-electron chi connectivity index (χ1n) is 7.74. The number of Topliss-reactive ketones (excluding diaryl/α,β-unsaturated/α-hetero) is 1. The number of hydrogen-bond acceptors (Lipinski definition) is 1. The number of rotatable bonds is 3. The third-order valence-corrected chi connectivity index (χ3v) is 5.15. The molecule has 0 unspecified atom stereocenters. The Labute approximate surface area is 131 Å². The van der Waals surface area contributed by atoms with E-state index in [1.807, 2.05) is 0 Å². The van der Waals surface area contributed by atoms with Gasteiger partial charge in [0, 0.05) is 17.4 Å². The van der Waals surface area contributed by atoms with Gasteiger partial charge in [-0.2, -0.15) is 0 Å². The summed E-state index contributed by atoms with van der Waals surface area (Å²) >= 11 is 6.04. The van der Waals surface area contributed by atoms with Crippen molar-refractivity contribution in [3.63, 3.8) is 0 Å². The molecule has 1 aliphatic carbocycles. The highest BCUT2D eigenvalue weighted by Gasteiger charge is 2.32. The molecule has 0 N–H and O–H groups in total. The van der Waals surface area contributed by atoms with E-state index in [1.54, 1.807) is 0 Å². The second-order valence-corrected chi connectivity index (χ2v) is 7.70. The van der Waals surface area contributed by atoms with Crippen LogP contribution < -0.4 is 0 Å². The summed E-state index contributed by atoms with van der Waals surface area (Å²) in [6, 6.07) is 4.22. The highest BCUT2D eigenvalue weighted by molar-refractivity contribution is 6.31. The van der Waals surface area contributed by atoms with E-state index in [0.29, 0.717) is 21.9 Å². The minimum atomic E-state index is -0.335. The van der Waals surface area contributed by atoms with Crippen molar-refractivity contribution < 1.29 is 9.18 Å². The van der Waals surface area contributed by atoms with Crippen molar-refractivity contribution in [2.45, 2.75) is 52.9 Å². The van der Waals surface area contributed by atoms with Crippen molar-refractivity contribution >= 4 is 17.4 Å². The normalized spacial score (nSPS) is 23.1. The van der Waals surface area contributed by atoms with Gasteiger partial charge in [-0.15, -0.1) is 0 Å². The topological polar surface area (TPSA) is 17.1 Å². The lowest BCUT2D eigenvalue weighted by Gasteiger charge is -2.36. The molecule has 116 valence electrons. The number of hydrogen-bond donors (Lipinski definition) is 0. The van der Waals surface area contributed by atoms with Crippen molar-refractivity contribution in [1.29, 1.82) is 0 Å². The SMILES string of the molecule is CC(C)(C)C1CCC(C(=O)Cc2cc(F)ccc2Cl)CC1. The van der Waals surface area contributed by atoms with Crippen LogP contribution in [0.5, 0.6) is 0 Å². The van der Waals surface area contributed by atoms with Gasteiger partial charge < -0.3 is 0 Å². The van der Waals surface area contributed by atoms with Gasteiger partial charge in [-0.25, -0.2) is 4.39 Å². The summed E-state index contributed by atoms with van der Waals surface area (Å²) in [6.45, 7) is 6.81. The van der Waals surface area contributed by atoms with Crippen LogP contribution in [-0.4, -0.2) is 5.78 Å². The molecule has 1 aliphatic rings. The van der Waals surface area contributed by atoms with Gasteiger partial charge >= 0.3 is 0 Å². The standard InChI is InChI=1S/C18H24ClFO/c1-18(2,3)14-6-4-12(5-7-14)17(21)11-13-10-15(20)8-9-16(13)19/h8-10,12,14H,4-7,11H2,1-3H3. The molecule has 1 aromatic rings. The van der Waals surface area contributed by atoms with Gasteiger partial charge in [0.2, 0.25) is 0 Å². The summed E-state index contributed by atoms with van der Waals surface area (Å²) in [5, 5.41) is 0.480. The van der Waals surface area contributed by atoms with Crippen LogP contribution in [0.15, 0.2) is 18.2 Å². The molecule has 1 nitrogen and oxygen atoms in total.